The molecule has 0 aliphatic heterocycles. The van der Waals surface area contributed by atoms with Gasteiger partial charge in [-0.25, -0.2) is 4.98 Å². The molecule has 2 aromatic heterocycles. The van der Waals surface area contributed by atoms with Crippen LogP contribution < -0.4 is 15.8 Å². The van der Waals surface area contributed by atoms with Crippen molar-refractivity contribution in [3.63, 3.8) is 0 Å². The van der Waals surface area contributed by atoms with Gasteiger partial charge in [0, 0.05) is 24.4 Å². The largest absolute Gasteiger partial charge is 0.476 e. The first-order valence-electron chi connectivity index (χ1n) is 8.97. The number of anilines is 2. The van der Waals surface area contributed by atoms with Crippen molar-refractivity contribution in [3.05, 3.63) is 59.5 Å². The molecule has 142 valence electrons. The quantitative estimate of drug-likeness (QED) is 0.588. The fourth-order valence-corrected chi connectivity index (χ4v) is 2.17. The second-order valence-electron chi connectivity index (χ2n) is 5.39. The molecule has 3 rings (SSSR count). The summed E-state index contributed by atoms with van der Waals surface area (Å²) in [6.45, 7) is 6.74. The number of rotatable bonds is 7. The third-order valence-corrected chi connectivity index (χ3v) is 3.27. The molecule has 7 heteroatoms. The smallest absolute Gasteiger partial charge is 0.219 e. The van der Waals surface area contributed by atoms with E-state index in [1.54, 1.807) is 6.07 Å². The van der Waals surface area contributed by atoms with E-state index in [1.807, 2.05) is 69.3 Å². The Morgan fingerprint density at radius 1 is 1.07 bits per heavy atom. The van der Waals surface area contributed by atoms with E-state index in [0.29, 0.717) is 36.5 Å². The third kappa shape index (κ3) is 6.56. The summed E-state index contributed by atoms with van der Waals surface area (Å²) >= 11 is 0. The summed E-state index contributed by atoms with van der Waals surface area (Å²) in [6.07, 6.45) is 3.79. The summed E-state index contributed by atoms with van der Waals surface area (Å²) in [4.78, 5) is 8.88. The molecule has 0 amide bonds. The van der Waals surface area contributed by atoms with Crippen LogP contribution in [0, 0.1) is 6.92 Å². The molecule has 0 unspecified atom stereocenters. The number of nitrogens with two attached hydrogens (primary N) is 1. The topological polar surface area (TPSA) is 102 Å². The lowest BCUT2D eigenvalue weighted by Crippen LogP contribution is -2.12. The minimum absolute atomic E-state index is 0.389. The van der Waals surface area contributed by atoms with Gasteiger partial charge in [0.1, 0.15) is 12.4 Å². The Kier molecular flexibility index (Phi) is 7.99. The van der Waals surface area contributed by atoms with E-state index < -0.39 is 0 Å². The Labute approximate surface area is 159 Å². The average Bonchev–Trinajstić information content (AvgIpc) is 3.11. The van der Waals surface area contributed by atoms with Crippen LogP contribution in [-0.4, -0.2) is 33.3 Å². The standard InChI is InChI=1S/C18H20N6O.C2H6/c1-13-11-17(24-23-13)21-16-12-18(25-10-9-19)22-15(20-16)8-7-14-5-3-2-4-6-14;1-2/h2-8,11-12H,9-10,19H2,1H3,(H2,20,21,22,23,24);1-2H3/b8-7+;. The van der Waals surface area contributed by atoms with Crippen LogP contribution in [0.5, 0.6) is 5.88 Å². The zero-order valence-electron chi connectivity index (χ0n) is 15.9. The molecule has 0 spiro atoms. The van der Waals surface area contributed by atoms with Crippen molar-refractivity contribution in [2.24, 2.45) is 5.73 Å². The van der Waals surface area contributed by atoms with Crippen LogP contribution in [-0.2, 0) is 0 Å². The zero-order chi connectivity index (χ0) is 19.5. The number of aromatic nitrogens is 4. The van der Waals surface area contributed by atoms with Crippen molar-refractivity contribution >= 4 is 23.8 Å². The molecule has 0 radical (unpaired) electrons. The highest BCUT2D eigenvalue weighted by Crippen LogP contribution is 2.19. The molecule has 0 aliphatic carbocycles. The Hall–Kier alpha value is -3.19. The number of hydrogen-bond acceptors (Lipinski definition) is 6. The van der Waals surface area contributed by atoms with Crippen molar-refractivity contribution in [1.29, 1.82) is 0 Å². The van der Waals surface area contributed by atoms with Gasteiger partial charge < -0.3 is 15.8 Å². The summed E-state index contributed by atoms with van der Waals surface area (Å²) in [5.41, 5.74) is 7.53. The number of nitrogens with zero attached hydrogens (tertiary/aromatic N) is 3. The Bertz CT molecular complexity index is 845. The Balaban J connectivity index is 0.00000126. The summed E-state index contributed by atoms with van der Waals surface area (Å²) in [5, 5.41) is 10.2. The molecule has 0 atom stereocenters. The Morgan fingerprint density at radius 2 is 1.85 bits per heavy atom. The van der Waals surface area contributed by atoms with E-state index in [1.165, 1.54) is 0 Å². The molecular weight excluding hydrogens is 340 g/mol. The second kappa shape index (κ2) is 10.7. The minimum Gasteiger partial charge on any atom is -0.476 e. The first-order valence-corrected chi connectivity index (χ1v) is 8.97. The van der Waals surface area contributed by atoms with E-state index in [2.05, 4.69) is 25.5 Å². The molecule has 0 aliphatic rings. The van der Waals surface area contributed by atoms with Crippen LogP contribution in [0.1, 0.15) is 30.9 Å². The summed E-state index contributed by atoms with van der Waals surface area (Å²) in [6, 6.07) is 13.6. The van der Waals surface area contributed by atoms with E-state index in [9.17, 15) is 0 Å². The van der Waals surface area contributed by atoms with Gasteiger partial charge in [0.2, 0.25) is 5.88 Å². The molecule has 1 aromatic carbocycles. The van der Waals surface area contributed by atoms with Gasteiger partial charge in [-0.15, -0.1) is 0 Å². The highest BCUT2D eigenvalue weighted by molar-refractivity contribution is 5.67. The first kappa shape index (κ1) is 20.1. The van der Waals surface area contributed by atoms with Gasteiger partial charge in [-0.2, -0.15) is 10.1 Å². The zero-order valence-corrected chi connectivity index (χ0v) is 15.9. The molecule has 27 heavy (non-hydrogen) atoms. The number of H-pyrrole nitrogens is 1. The van der Waals surface area contributed by atoms with E-state index in [4.69, 9.17) is 10.5 Å². The highest BCUT2D eigenvalue weighted by atomic mass is 16.5. The molecule has 0 saturated heterocycles. The number of nitrogens with one attached hydrogen (secondary N) is 2. The minimum atomic E-state index is 0.389. The normalized spacial score (nSPS) is 10.4. The van der Waals surface area contributed by atoms with Gasteiger partial charge in [-0.1, -0.05) is 50.3 Å². The molecular formula is C20H26N6O. The van der Waals surface area contributed by atoms with Gasteiger partial charge in [0.15, 0.2) is 11.6 Å². The van der Waals surface area contributed by atoms with Gasteiger partial charge >= 0.3 is 0 Å². The van der Waals surface area contributed by atoms with Crippen molar-refractivity contribution in [2.45, 2.75) is 20.8 Å². The number of benzene rings is 1. The van der Waals surface area contributed by atoms with Gasteiger partial charge in [-0.3, -0.25) is 5.10 Å². The molecule has 0 fully saturated rings. The number of aromatic amines is 1. The molecule has 0 bridgehead atoms. The molecule has 4 N–H and O–H groups in total. The lowest BCUT2D eigenvalue weighted by atomic mass is 10.2. The highest BCUT2D eigenvalue weighted by Gasteiger charge is 2.06. The fourth-order valence-electron chi connectivity index (χ4n) is 2.17. The predicted molar refractivity (Wildman–Crippen MR) is 110 cm³/mol. The summed E-state index contributed by atoms with van der Waals surface area (Å²) < 4.78 is 5.55. The van der Waals surface area contributed by atoms with Crippen LogP contribution in [0.2, 0.25) is 0 Å². The lowest BCUT2D eigenvalue weighted by molar-refractivity contribution is 0.315. The summed E-state index contributed by atoms with van der Waals surface area (Å²) in [7, 11) is 0. The molecule has 7 nitrogen and oxygen atoms in total. The first-order chi connectivity index (χ1) is 13.2. The van der Waals surface area contributed by atoms with Crippen LogP contribution >= 0.6 is 0 Å². The van der Waals surface area contributed by atoms with Crippen molar-refractivity contribution in [3.8, 4) is 5.88 Å². The van der Waals surface area contributed by atoms with E-state index in [-0.39, 0.29) is 0 Å². The van der Waals surface area contributed by atoms with Crippen LogP contribution in [0.3, 0.4) is 0 Å². The maximum atomic E-state index is 5.55. The number of ether oxygens (including phenoxy) is 1. The van der Waals surface area contributed by atoms with E-state index >= 15 is 0 Å². The van der Waals surface area contributed by atoms with E-state index in [0.717, 1.165) is 11.3 Å². The van der Waals surface area contributed by atoms with Crippen LogP contribution in [0.15, 0.2) is 42.5 Å². The fraction of sp³-hybridized carbons (Fsp3) is 0.250. The predicted octanol–water partition coefficient (Wildman–Crippen LogP) is 3.79. The maximum absolute atomic E-state index is 5.55. The number of hydrogen-bond donors (Lipinski definition) is 3. The lowest BCUT2D eigenvalue weighted by Gasteiger charge is -2.08. The van der Waals surface area contributed by atoms with Gasteiger partial charge in [0.05, 0.1) is 0 Å². The maximum Gasteiger partial charge on any atom is 0.219 e. The third-order valence-electron chi connectivity index (χ3n) is 3.27. The van der Waals surface area contributed by atoms with Crippen molar-refractivity contribution in [1.82, 2.24) is 20.2 Å². The van der Waals surface area contributed by atoms with Gasteiger partial charge in [-0.05, 0) is 18.6 Å². The van der Waals surface area contributed by atoms with Crippen molar-refractivity contribution < 1.29 is 4.74 Å². The average molecular weight is 366 g/mol. The molecule has 2 heterocycles. The van der Waals surface area contributed by atoms with Crippen LogP contribution in [0.25, 0.3) is 12.2 Å². The SMILES string of the molecule is CC.Cc1cc(Nc2cc(OCCN)nc(/C=C/c3ccccc3)n2)n[nH]1. The second-order valence-corrected chi connectivity index (χ2v) is 5.39. The molecule has 3 aromatic rings. The summed E-state index contributed by atoms with van der Waals surface area (Å²) in [5.74, 6) is 2.27. The van der Waals surface area contributed by atoms with Crippen molar-refractivity contribution in [2.75, 3.05) is 18.5 Å². The van der Waals surface area contributed by atoms with Gasteiger partial charge in [0.25, 0.3) is 0 Å². The Morgan fingerprint density at radius 3 is 2.52 bits per heavy atom. The molecule has 0 saturated carbocycles. The monoisotopic (exact) mass is 366 g/mol. The van der Waals surface area contributed by atoms with Crippen LogP contribution in [0.4, 0.5) is 11.6 Å². The number of aryl methyl sites for hydroxylation is 1.